The van der Waals surface area contributed by atoms with Crippen molar-refractivity contribution in [3.63, 3.8) is 0 Å². The van der Waals surface area contributed by atoms with Crippen molar-refractivity contribution in [2.24, 2.45) is 5.92 Å². The highest BCUT2D eigenvalue weighted by Gasteiger charge is 2.27. The van der Waals surface area contributed by atoms with Gasteiger partial charge in [0, 0.05) is 37.8 Å². The predicted molar refractivity (Wildman–Crippen MR) is 91.3 cm³/mol. The van der Waals surface area contributed by atoms with Gasteiger partial charge >= 0.3 is 0 Å². The summed E-state index contributed by atoms with van der Waals surface area (Å²) in [5.41, 5.74) is 1.19. The summed E-state index contributed by atoms with van der Waals surface area (Å²) in [5, 5.41) is 0. The number of carbonyl (C=O) groups is 2. The number of hydrogen-bond donors (Lipinski definition) is 0. The first-order valence-electron chi connectivity index (χ1n) is 8.52. The Hall–Kier alpha value is -2.43. The third-order valence-electron chi connectivity index (χ3n) is 4.61. The number of amides is 1. The molecular weight excluding hydrogens is 302 g/mol. The van der Waals surface area contributed by atoms with Crippen molar-refractivity contribution >= 4 is 11.7 Å². The summed E-state index contributed by atoms with van der Waals surface area (Å²) in [6.07, 6.45) is 8.21. The molecule has 1 aliphatic heterocycles. The van der Waals surface area contributed by atoms with E-state index >= 15 is 0 Å². The lowest BCUT2D eigenvalue weighted by atomic mass is 9.90. The largest absolute Gasteiger partial charge is 0.340 e. The summed E-state index contributed by atoms with van der Waals surface area (Å²) in [4.78, 5) is 30.7. The fourth-order valence-corrected chi connectivity index (χ4v) is 3.22. The van der Waals surface area contributed by atoms with Gasteiger partial charge in [-0.3, -0.25) is 9.59 Å². The standard InChI is InChI=1S/C19H23N3O2/c23-18(9-8-16-5-2-1-3-6-16)17-7-4-11-22(13-17)19(24)14-21-12-10-20-15-21/h1-3,5-6,10,12,15,17H,4,7-9,11,13-14H2/t17-/m0/s1. The second-order valence-corrected chi connectivity index (χ2v) is 6.37. The van der Waals surface area contributed by atoms with Gasteiger partial charge in [0.2, 0.25) is 5.91 Å². The van der Waals surface area contributed by atoms with Gasteiger partial charge in [-0.25, -0.2) is 4.98 Å². The van der Waals surface area contributed by atoms with Crippen molar-refractivity contribution < 1.29 is 9.59 Å². The highest BCUT2D eigenvalue weighted by molar-refractivity contribution is 5.83. The lowest BCUT2D eigenvalue weighted by Crippen LogP contribution is -2.43. The van der Waals surface area contributed by atoms with Gasteiger partial charge in [-0.15, -0.1) is 0 Å². The molecule has 3 rings (SSSR count). The van der Waals surface area contributed by atoms with Crippen molar-refractivity contribution in [1.82, 2.24) is 14.5 Å². The van der Waals surface area contributed by atoms with Gasteiger partial charge in [0.15, 0.2) is 0 Å². The average Bonchev–Trinajstić information content (AvgIpc) is 3.13. The van der Waals surface area contributed by atoms with Gasteiger partial charge < -0.3 is 9.47 Å². The van der Waals surface area contributed by atoms with Crippen LogP contribution in [0.15, 0.2) is 49.1 Å². The third kappa shape index (κ3) is 4.31. The van der Waals surface area contributed by atoms with Crippen LogP contribution in [0.2, 0.25) is 0 Å². The van der Waals surface area contributed by atoms with Crippen LogP contribution in [0.25, 0.3) is 0 Å². The highest BCUT2D eigenvalue weighted by atomic mass is 16.2. The molecule has 1 atom stereocenters. The number of benzene rings is 1. The van der Waals surface area contributed by atoms with E-state index in [9.17, 15) is 9.59 Å². The Kier molecular flexibility index (Phi) is 5.41. The molecule has 0 aliphatic carbocycles. The maximum Gasteiger partial charge on any atom is 0.242 e. The van der Waals surface area contributed by atoms with E-state index in [1.807, 2.05) is 23.1 Å². The van der Waals surface area contributed by atoms with Crippen molar-refractivity contribution in [3.8, 4) is 0 Å². The Morgan fingerprint density at radius 1 is 1.21 bits per heavy atom. The first-order valence-corrected chi connectivity index (χ1v) is 8.52. The normalized spacial score (nSPS) is 17.7. The number of aromatic nitrogens is 2. The summed E-state index contributed by atoms with van der Waals surface area (Å²) in [5.74, 6) is 0.321. The van der Waals surface area contributed by atoms with Crippen molar-refractivity contribution in [1.29, 1.82) is 0 Å². The van der Waals surface area contributed by atoms with Gasteiger partial charge in [0.25, 0.3) is 0 Å². The Morgan fingerprint density at radius 2 is 2.04 bits per heavy atom. The number of rotatable bonds is 6. The minimum absolute atomic E-state index is 0.0193. The number of hydrogen-bond acceptors (Lipinski definition) is 3. The van der Waals surface area contributed by atoms with E-state index in [1.54, 1.807) is 23.3 Å². The number of nitrogens with zero attached hydrogens (tertiary/aromatic N) is 3. The van der Waals surface area contributed by atoms with Crippen LogP contribution in [0.1, 0.15) is 24.8 Å². The molecule has 1 aliphatic rings. The zero-order valence-corrected chi connectivity index (χ0v) is 13.8. The predicted octanol–water partition coefficient (Wildman–Crippen LogP) is 2.32. The summed E-state index contributed by atoms with van der Waals surface area (Å²) in [7, 11) is 0. The molecule has 0 radical (unpaired) electrons. The molecule has 0 bridgehead atoms. The van der Waals surface area contributed by atoms with Gasteiger partial charge in [-0.2, -0.15) is 0 Å². The van der Waals surface area contributed by atoms with Crippen LogP contribution in [0.5, 0.6) is 0 Å². The van der Waals surface area contributed by atoms with Gasteiger partial charge in [0.1, 0.15) is 12.3 Å². The maximum absolute atomic E-state index is 12.5. The molecule has 2 heterocycles. The maximum atomic E-state index is 12.5. The van der Waals surface area contributed by atoms with E-state index in [4.69, 9.17) is 0 Å². The van der Waals surface area contributed by atoms with Crippen LogP contribution in [-0.4, -0.2) is 39.2 Å². The highest BCUT2D eigenvalue weighted by Crippen LogP contribution is 2.20. The number of Topliss-reactive ketones (excluding diaryl/α,β-unsaturated/α-hetero) is 1. The quantitative estimate of drug-likeness (QED) is 0.819. The fourth-order valence-electron chi connectivity index (χ4n) is 3.22. The van der Waals surface area contributed by atoms with Gasteiger partial charge in [0.05, 0.1) is 6.33 Å². The first-order chi connectivity index (χ1) is 11.7. The SMILES string of the molecule is O=C(CCc1ccccc1)[C@H]1CCCN(C(=O)Cn2ccnc2)C1. The van der Waals surface area contributed by atoms with Crippen molar-refractivity contribution in [2.75, 3.05) is 13.1 Å². The molecule has 2 aromatic rings. The minimum Gasteiger partial charge on any atom is -0.340 e. The van der Waals surface area contributed by atoms with Crippen LogP contribution in [-0.2, 0) is 22.6 Å². The van der Waals surface area contributed by atoms with E-state index < -0.39 is 0 Å². The molecule has 1 saturated heterocycles. The fraction of sp³-hybridized carbons (Fsp3) is 0.421. The Morgan fingerprint density at radius 3 is 2.79 bits per heavy atom. The molecule has 1 amide bonds. The van der Waals surface area contributed by atoms with Crippen molar-refractivity contribution in [2.45, 2.75) is 32.2 Å². The van der Waals surface area contributed by atoms with Crippen LogP contribution in [0.3, 0.4) is 0 Å². The number of piperidine rings is 1. The third-order valence-corrected chi connectivity index (χ3v) is 4.61. The molecule has 0 N–H and O–H groups in total. The number of carbonyl (C=O) groups excluding carboxylic acids is 2. The second-order valence-electron chi connectivity index (χ2n) is 6.37. The molecule has 1 aromatic carbocycles. The number of imidazole rings is 1. The van der Waals surface area contributed by atoms with E-state index in [0.717, 1.165) is 25.8 Å². The summed E-state index contributed by atoms with van der Waals surface area (Å²) >= 11 is 0. The molecule has 5 nitrogen and oxygen atoms in total. The summed E-state index contributed by atoms with van der Waals surface area (Å²) in [6, 6.07) is 10.1. The van der Waals surface area contributed by atoms with E-state index in [0.29, 0.717) is 19.5 Å². The summed E-state index contributed by atoms with van der Waals surface area (Å²) < 4.78 is 1.77. The smallest absolute Gasteiger partial charge is 0.242 e. The molecular formula is C19H23N3O2. The molecule has 24 heavy (non-hydrogen) atoms. The van der Waals surface area contributed by atoms with E-state index in [-0.39, 0.29) is 17.6 Å². The monoisotopic (exact) mass is 325 g/mol. The Balaban J connectivity index is 1.51. The van der Waals surface area contributed by atoms with Crippen LogP contribution in [0.4, 0.5) is 0 Å². The number of ketones is 1. The first kappa shape index (κ1) is 16.4. The van der Waals surface area contributed by atoms with Crippen LogP contribution in [0, 0.1) is 5.92 Å². The number of likely N-dealkylation sites (tertiary alicyclic amines) is 1. The molecule has 0 unspecified atom stereocenters. The Bertz CT molecular complexity index is 667. The van der Waals surface area contributed by atoms with Crippen molar-refractivity contribution in [3.05, 3.63) is 54.6 Å². The second kappa shape index (κ2) is 7.90. The lowest BCUT2D eigenvalue weighted by Gasteiger charge is -2.32. The van der Waals surface area contributed by atoms with Crippen LogP contribution < -0.4 is 0 Å². The zero-order chi connectivity index (χ0) is 16.8. The zero-order valence-electron chi connectivity index (χ0n) is 13.8. The molecule has 1 aromatic heterocycles. The molecule has 5 heteroatoms. The van der Waals surface area contributed by atoms with E-state index in [2.05, 4.69) is 17.1 Å². The number of aryl methyl sites for hydroxylation is 1. The van der Waals surface area contributed by atoms with Gasteiger partial charge in [-0.1, -0.05) is 30.3 Å². The average molecular weight is 325 g/mol. The van der Waals surface area contributed by atoms with E-state index in [1.165, 1.54) is 5.56 Å². The lowest BCUT2D eigenvalue weighted by molar-refractivity contribution is -0.135. The minimum atomic E-state index is -0.0193. The molecule has 126 valence electrons. The summed E-state index contributed by atoms with van der Waals surface area (Å²) in [6.45, 7) is 1.60. The topological polar surface area (TPSA) is 55.2 Å². The molecule has 0 saturated carbocycles. The molecule has 0 spiro atoms. The molecule has 1 fully saturated rings. The Labute approximate surface area is 142 Å². The van der Waals surface area contributed by atoms with Gasteiger partial charge in [-0.05, 0) is 24.8 Å². The van der Waals surface area contributed by atoms with Crippen LogP contribution >= 0.6 is 0 Å².